The largest absolute Gasteiger partial charge is 2.00 e. The Morgan fingerprint density at radius 3 is 0.857 bits per heavy atom. The number of rotatable bonds is 0. The Hall–Kier alpha value is 5.11. The fourth-order valence-electron chi connectivity index (χ4n) is 0. The summed E-state index contributed by atoms with van der Waals surface area (Å²) in [7, 11) is 0. The van der Waals surface area contributed by atoms with Gasteiger partial charge in [-0.2, -0.15) is 0 Å². The maximum Gasteiger partial charge on any atom is 2.00 e. The van der Waals surface area contributed by atoms with Gasteiger partial charge in [0.1, 0.15) is 0 Å². The van der Waals surface area contributed by atoms with Crippen molar-refractivity contribution < 1.29 is 33.7 Å². The minimum Gasteiger partial charge on any atom is -2.00 e. The Bertz CT molecular complexity index is 26.1. The predicted octanol–water partition coefficient (Wildman–Crippen LogP) is -1.31. The maximum atomic E-state index is 0. The molecule has 0 N–H and O–H groups in total. The topological polar surface area (TPSA) is 57.0 Å². The van der Waals surface area contributed by atoms with E-state index in [0.29, 0.717) is 0 Å². The average molecular weight is 686 g/mol. The predicted molar refractivity (Wildman–Crippen MR) is 28.8 cm³/mol. The molecule has 7 heteroatoms. The molecule has 0 aromatic carbocycles. The zero-order chi connectivity index (χ0) is 0. The van der Waals surface area contributed by atoms with E-state index in [1.165, 1.54) is 0 Å². The van der Waals surface area contributed by atoms with Crippen LogP contribution in [0.3, 0.4) is 0 Å². The van der Waals surface area contributed by atoms with Gasteiger partial charge in [-0.1, -0.05) is 0 Å². The van der Waals surface area contributed by atoms with Gasteiger partial charge in [-0.05, 0) is 0 Å². The van der Waals surface area contributed by atoms with Crippen molar-refractivity contribution in [3.05, 3.63) is 0 Å². The molecule has 0 saturated carbocycles. The maximum absolute atomic E-state index is 0. The first-order valence-electron chi connectivity index (χ1n) is 0. The second-order valence-corrected chi connectivity index (χ2v) is 0. The summed E-state index contributed by atoms with van der Waals surface area (Å²) in [6.45, 7) is 0. The first-order valence-corrected chi connectivity index (χ1v) is 0. The van der Waals surface area contributed by atoms with Gasteiger partial charge >= 0.3 is 158 Å². The molecule has 37 valence electrons. The fraction of sp³-hybridized carbons (Fsp3) is 0. The van der Waals surface area contributed by atoms with Crippen LogP contribution in [0.1, 0.15) is 5.71 Å². The summed E-state index contributed by atoms with van der Waals surface area (Å²) in [4.78, 5) is 0. The molecule has 0 amide bonds. The summed E-state index contributed by atoms with van der Waals surface area (Å²) in [5.41, 5.74) is 0. The standard InChI is InChI=1S/Ba.Ca.Cu.2O.2Tl.4H/q3*+2;2*-2;2*+1;4*-1. The van der Waals surface area contributed by atoms with Gasteiger partial charge in [0.25, 0.3) is 0 Å². The van der Waals surface area contributed by atoms with Crippen LogP contribution in [0.2, 0.25) is 0 Å². The van der Waals surface area contributed by atoms with E-state index in [0.717, 1.165) is 0 Å². The summed E-state index contributed by atoms with van der Waals surface area (Å²) in [5.74, 6) is 0. The van der Waals surface area contributed by atoms with Crippen LogP contribution in [-0.2, 0) is 28.0 Å². The average Bonchev–Trinajstić information content (AvgIpc) is 0. The van der Waals surface area contributed by atoms with Crippen LogP contribution >= 0.6 is 0 Å². The van der Waals surface area contributed by atoms with Crippen molar-refractivity contribution >= 4 is 141 Å². The SMILES string of the molecule is [Ba+2].[Ca+2].[Cu+2].[H-].[H-].[H-].[H-].[O-2].[O-2].[Tl+].[Tl+]. The Kier molecular flexibility index (Phi) is 355. The molecule has 0 atom stereocenters. The third kappa shape index (κ3) is 35.3. The van der Waals surface area contributed by atoms with Gasteiger partial charge < -0.3 is 16.7 Å². The van der Waals surface area contributed by atoms with Gasteiger partial charge in [-0.25, -0.2) is 0 Å². The molecule has 0 aliphatic heterocycles. The summed E-state index contributed by atoms with van der Waals surface area (Å²) in [5, 5.41) is 0. The molecule has 1 radical (unpaired) electrons. The Balaban J connectivity index is 0. The van der Waals surface area contributed by atoms with E-state index >= 15 is 0 Å². The number of hydrogen-bond donors (Lipinski definition) is 0. The molecule has 7 heavy (non-hydrogen) atoms. The van der Waals surface area contributed by atoms with Gasteiger partial charge in [0.15, 0.2) is 0 Å². The monoisotopic (exact) mass is 687 g/mol. The minimum atomic E-state index is 0. The van der Waals surface area contributed by atoms with Crippen LogP contribution in [0.15, 0.2) is 0 Å². The molecule has 0 aromatic rings. The van der Waals surface area contributed by atoms with E-state index in [9.17, 15) is 0 Å². The Morgan fingerprint density at radius 1 is 0.857 bits per heavy atom. The molecule has 0 aliphatic rings. The zero-order valence-electron chi connectivity index (χ0n) is 7.69. The summed E-state index contributed by atoms with van der Waals surface area (Å²) in [6, 6.07) is 0. The van der Waals surface area contributed by atoms with Gasteiger partial charge in [0.05, 0.1) is 0 Å². The van der Waals surface area contributed by atoms with E-state index in [1.54, 1.807) is 0 Å². The summed E-state index contributed by atoms with van der Waals surface area (Å²) < 4.78 is 0. The van der Waals surface area contributed by atoms with Gasteiger partial charge in [0, 0.05) is 0 Å². The quantitative estimate of drug-likeness (QED) is 0.285. The molecule has 0 fully saturated rings. The van der Waals surface area contributed by atoms with E-state index in [2.05, 4.69) is 0 Å². The number of hydrogen-bond acceptors (Lipinski definition) is 0. The van der Waals surface area contributed by atoms with Crippen molar-refractivity contribution in [3.8, 4) is 0 Å². The fourth-order valence-corrected chi connectivity index (χ4v) is 0. The smallest absolute Gasteiger partial charge is 2.00 e. The molecule has 0 bridgehead atoms. The second kappa shape index (κ2) is 43.5. The third-order valence-corrected chi connectivity index (χ3v) is 0. The van der Waals surface area contributed by atoms with Crippen LogP contribution in [0.25, 0.3) is 0 Å². The van der Waals surface area contributed by atoms with Crippen molar-refractivity contribution in [1.29, 1.82) is 0 Å². The van der Waals surface area contributed by atoms with Crippen LogP contribution < -0.4 is 0 Å². The third-order valence-electron chi connectivity index (χ3n) is 0. The van der Waals surface area contributed by atoms with Crippen LogP contribution in [-0.4, -0.2) is 141 Å². The molecular weight excluding hydrogens is 682 g/mol. The Labute approximate surface area is 170 Å². The minimum absolute atomic E-state index is 0. The Morgan fingerprint density at radius 2 is 0.857 bits per heavy atom. The van der Waals surface area contributed by atoms with Crippen molar-refractivity contribution in [1.82, 2.24) is 0 Å². The molecular formula is H4BaCaCuO2Tl2. The van der Waals surface area contributed by atoms with Crippen molar-refractivity contribution in [2.75, 3.05) is 0 Å². The van der Waals surface area contributed by atoms with Crippen molar-refractivity contribution in [3.63, 3.8) is 0 Å². The van der Waals surface area contributed by atoms with Gasteiger partial charge in [-0.15, -0.1) is 0 Å². The van der Waals surface area contributed by atoms with Crippen LogP contribution in [0.4, 0.5) is 0 Å². The van der Waals surface area contributed by atoms with Crippen molar-refractivity contribution in [2.45, 2.75) is 0 Å². The van der Waals surface area contributed by atoms with E-state index in [-0.39, 0.29) is 175 Å². The molecule has 0 heterocycles. The van der Waals surface area contributed by atoms with Gasteiger partial charge in [0.2, 0.25) is 0 Å². The molecule has 2 nitrogen and oxygen atoms in total. The van der Waals surface area contributed by atoms with Crippen LogP contribution in [0.5, 0.6) is 0 Å². The summed E-state index contributed by atoms with van der Waals surface area (Å²) in [6.07, 6.45) is 0. The van der Waals surface area contributed by atoms with E-state index in [1.807, 2.05) is 0 Å². The summed E-state index contributed by atoms with van der Waals surface area (Å²) >= 11 is 0. The van der Waals surface area contributed by atoms with E-state index < -0.39 is 0 Å². The first-order chi connectivity index (χ1) is 0. The van der Waals surface area contributed by atoms with Crippen LogP contribution in [0, 0.1) is 0 Å². The first kappa shape index (κ1) is 57.2. The van der Waals surface area contributed by atoms with E-state index in [4.69, 9.17) is 0 Å². The molecule has 0 spiro atoms. The zero-order valence-corrected chi connectivity index (χ0v) is 20.3. The van der Waals surface area contributed by atoms with Crippen molar-refractivity contribution in [2.24, 2.45) is 0 Å². The molecule has 0 aliphatic carbocycles. The molecule has 0 rings (SSSR count). The van der Waals surface area contributed by atoms with Gasteiger partial charge in [-0.3, -0.25) is 0 Å². The molecule has 0 unspecified atom stereocenters. The molecule has 0 saturated heterocycles. The second-order valence-electron chi connectivity index (χ2n) is 0. The normalized spacial score (nSPS) is 0. The molecule has 0 aromatic heterocycles.